The largest absolute Gasteiger partial charge is 0.294 e. The van der Waals surface area contributed by atoms with Crippen molar-refractivity contribution >= 4 is 5.78 Å². The molecule has 1 aromatic heterocycles. The van der Waals surface area contributed by atoms with Crippen LogP contribution >= 0.6 is 0 Å². The molecule has 0 saturated carbocycles. The van der Waals surface area contributed by atoms with E-state index in [0.29, 0.717) is 12.3 Å². The molecular formula is C16H18N2O. The molecule has 3 rings (SSSR count). The molecule has 1 heterocycles. The predicted octanol–water partition coefficient (Wildman–Crippen LogP) is 3.11. The van der Waals surface area contributed by atoms with Gasteiger partial charge in [0.1, 0.15) is 0 Å². The van der Waals surface area contributed by atoms with Gasteiger partial charge < -0.3 is 0 Å². The number of rotatable bonds is 3. The molecule has 1 aliphatic carbocycles. The number of hydrogen-bond donors (Lipinski definition) is 0. The van der Waals surface area contributed by atoms with Crippen molar-refractivity contribution in [1.82, 2.24) is 9.78 Å². The molecule has 0 amide bonds. The number of Topliss-reactive ketones (excluding diaryl/α,β-unsaturated/α-hetero) is 1. The Morgan fingerprint density at radius 3 is 3.05 bits per heavy atom. The summed E-state index contributed by atoms with van der Waals surface area (Å²) in [4.78, 5) is 12.3. The second kappa shape index (κ2) is 5.00. The summed E-state index contributed by atoms with van der Waals surface area (Å²) < 4.78 is 1.68. The lowest BCUT2D eigenvalue weighted by molar-refractivity contribution is 0.0971. The molecule has 1 aliphatic rings. The highest BCUT2D eigenvalue weighted by Gasteiger charge is 2.23. The van der Waals surface area contributed by atoms with Crippen molar-refractivity contribution in [3.05, 3.63) is 53.3 Å². The monoisotopic (exact) mass is 254 g/mol. The molecule has 0 fully saturated rings. The maximum Gasteiger partial charge on any atom is 0.166 e. The van der Waals surface area contributed by atoms with Crippen LogP contribution in [0.4, 0.5) is 0 Å². The Morgan fingerprint density at radius 1 is 1.42 bits per heavy atom. The fourth-order valence-electron chi connectivity index (χ4n) is 2.97. The second-order valence-corrected chi connectivity index (χ2v) is 5.32. The molecule has 19 heavy (non-hydrogen) atoms. The van der Waals surface area contributed by atoms with Gasteiger partial charge in [0.2, 0.25) is 0 Å². The Bertz CT molecular complexity index is 600. The van der Waals surface area contributed by atoms with Crippen LogP contribution in [-0.2, 0) is 13.5 Å². The number of nitrogens with zero attached hydrogens (tertiary/aromatic N) is 2. The smallest absolute Gasteiger partial charge is 0.166 e. The van der Waals surface area contributed by atoms with Crippen molar-refractivity contribution in [2.24, 2.45) is 7.05 Å². The van der Waals surface area contributed by atoms with Gasteiger partial charge in [-0.05, 0) is 36.3 Å². The van der Waals surface area contributed by atoms with Gasteiger partial charge >= 0.3 is 0 Å². The third-order valence-corrected chi connectivity index (χ3v) is 3.95. The van der Waals surface area contributed by atoms with Gasteiger partial charge in [-0.2, -0.15) is 5.10 Å². The van der Waals surface area contributed by atoms with Gasteiger partial charge in [-0.15, -0.1) is 0 Å². The van der Waals surface area contributed by atoms with E-state index in [1.807, 2.05) is 7.05 Å². The summed E-state index contributed by atoms with van der Waals surface area (Å²) in [6.45, 7) is 0. The van der Waals surface area contributed by atoms with Crippen molar-refractivity contribution in [1.29, 1.82) is 0 Å². The van der Waals surface area contributed by atoms with Crippen LogP contribution in [0.1, 0.15) is 46.7 Å². The van der Waals surface area contributed by atoms with E-state index in [-0.39, 0.29) is 5.78 Å². The third-order valence-electron chi connectivity index (χ3n) is 3.95. The zero-order valence-electron chi connectivity index (χ0n) is 11.2. The van der Waals surface area contributed by atoms with E-state index < -0.39 is 0 Å². The van der Waals surface area contributed by atoms with Gasteiger partial charge in [0.15, 0.2) is 5.78 Å². The summed E-state index contributed by atoms with van der Waals surface area (Å²) >= 11 is 0. The molecule has 0 spiro atoms. The number of hydrogen-bond acceptors (Lipinski definition) is 2. The van der Waals surface area contributed by atoms with Crippen LogP contribution in [0.2, 0.25) is 0 Å². The molecule has 0 N–H and O–H groups in total. The Hall–Kier alpha value is -1.90. The van der Waals surface area contributed by atoms with Crippen molar-refractivity contribution in [3.63, 3.8) is 0 Å². The van der Waals surface area contributed by atoms with Crippen molar-refractivity contribution in [2.75, 3.05) is 0 Å². The summed E-state index contributed by atoms with van der Waals surface area (Å²) in [6, 6.07) is 8.53. The highest BCUT2D eigenvalue weighted by Crippen LogP contribution is 2.34. The summed E-state index contributed by atoms with van der Waals surface area (Å²) in [7, 11) is 1.84. The van der Waals surface area contributed by atoms with Gasteiger partial charge in [-0.25, -0.2) is 0 Å². The number of carbonyl (C=O) groups excluding carboxylic acids is 1. The molecule has 1 unspecified atom stereocenters. The maximum absolute atomic E-state index is 12.3. The molecule has 3 heteroatoms. The number of fused-ring (bicyclic) bond motifs is 1. The molecule has 2 aromatic rings. The SMILES string of the molecule is Cn1cc(C(=O)CC2CCCc3ccccc32)cn1. The van der Waals surface area contributed by atoms with Crippen LogP contribution in [0.5, 0.6) is 0 Å². The molecular weight excluding hydrogens is 236 g/mol. The number of carbonyl (C=O) groups is 1. The Kier molecular flexibility index (Phi) is 3.20. The van der Waals surface area contributed by atoms with E-state index in [2.05, 4.69) is 29.4 Å². The van der Waals surface area contributed by atoms with Crippen LogP contribution in [0.25, 0.3) is 0 Å². The molecule has 0 bridgehead atoms. The Balaban J connectivity index is 1.79. The van der Waals surface area contributed by atoms with E-state index >= 15 is 0 Å². The standard InChI is InChI=1S/C16H18N2O/c1-18-11-14(10-17-18)16(19)9-13-7-4-6-12-5-2-3-8-15(12)13/h2-3,5,8,10-11,13H,4,6-7,9H2,1H3. The minimum Gasteiger partial charge on any atom is -0.294 e. The molecule has 0 radical (unpaired) electrons. The molecule has 0 aliphatic heterocycles. The lowest BCUT2D eigenvalue weighted by atomic mass is 9.80. The van der Waals surface area contributed by atoms with E-state index in [9.17, 15) is 4.79 Å². The number of aryl methyl sites for hydroxylation is 2. The summed E-state index contributed by atoms with van der Waals surface area (Å²) in [5, 5.41) is 4.07. The van der Waals surface area contributed by atoms with Crippen molar-refractivity contribution in [3.8, 4) is 0 Å². The first-order valence-corrected chi connectivity index (χ1v) is 6.83. The lowest BCUT2D eigenvalue weighted by Gasteiger charge is -2.24. The zero-order chi connectivity index (χ0) is 13.2. The summed E-state index contributed by atoms with van der Waals surface area (Å²) in [5.41, 5.74) is 3.51. The molecule has 1 atom stereocenters. The summed E-state index contributed by atoms with van der Waals surface area (Å²) in [6.07, 6.45) is 7.51. The second-order valence-electron chi connectivity index (χ2n) is 5.32. The molecule has 0 saturated heterocycles. The first-order valence-electron chi connectivity index (χ1n) is 6.83. The normalized spacial score (nSPS) is 18.1. The van der Waals surface area contributed by atoms with Gasteiger partial charge in [0, 0.05) is 19.7 Å². The highest BCUT2D eigenvalue weighted by atomic mass is 16.1. The van der Waals surface area contributed by atoms with Crippen LogP contribution in [-0.4, -0.2) is 15.6 Å². The average molecular weight is 254 g/mol. The molecule has 1 aromatic carbocycles. The minimum atomic E-state index is 0.204. The number of benzene rings is 1. The first kappa shape index (κ1) is 12.2. The first-order chi connectivity index (χ1) is 9.24. The Morgan fingerprint density at radius 2 is 2.26 bits per heavy atom. The van der Waals surface area contributed by atoms with Crippen molar-refractivity contribution < 1.29 is 4.79 Å². The predicted molar refractivity (Wildman–Crippen MR) is 74.3 cm³/mol. The topological polar surface area (TPSA) is 34.9 Å². The molecule has 3 nitrogen and oxygen atoms in total. The molecule has 98 valence electrons. The fraction of sp³-hybridized carbons (Fsp3) is 0.375. The highest BCUT2D eigenvalue weighted by molar-refractivity contribution is 5.96. The zero-order valence-corrected chi connectivity index (χ0v) is 11.2. The van der Waals surface area contributed by atoms with E-state index in [1.54, 1.807) is 17.1 Å². The minimum absolute atomic E-state index is 0.204. The van der Waals surface area contributed by atoms with Crippen LogP contribution in [0.3, 0.4) is 0 Å². The van der Waals surface area contributed by atoms with Gasteiger partial charge in [0.25, 0.3) is 0 Å². The van der Waals surface area contributed by atoms with Crippen LogP contribution < -0.4 is 0 Å². The lowest BCUT2D eigenvalue weighted by Crippen LogP contribution is -2.13. The summed E-state index contributed by atoms with van der Waals surface area (Å²) in [5.74, 6) is 0.576. The number of aromatic nitrogens is 2. The third kappa shape index (κ3) is 2.46. The van der Waals surface area contributed by atoms with E-state index in [0.717, 1.165) is 18.4 Å². The Labute approximate surface area is 113 Å². The van der Waals surface area contributed by atoms with E-state index in [1.165, 1.54) is 17.5 Å². The average Bonchev–Trinajstić information content (AvgIpc) is 2.86. The fourth-order valence-corrected chi connectivity index (χ4v) is 2.97. The number of ketones is 1. The van der Waals surface area contributed by atoms with Crippen LogP contribution in [0, 0.1) is 0 Å². The van der Waals surface area contributed by atoms with Gasteiger partial charge in [-0.1, -0.05) is 24.3 Å². The van der Waals surface area contributed by atoms with Gasteiger partial charge in [0.05, 0.1) is 11.8 Å². The quantitative estimate of drug-likeness (QED) is 0.789. The maximum atomic E-state index is 12.3. The van der Waals surface area contributed by atoms with E-state index in [4.69, 9.17) is 0 Å². The van der Waals surface area contributed by atoms with Crippen LogP contribution in [0.15, 0.2) is 36.7 Å². The van der Waals surface area contributed by atoms with Crippen molar-refractivity contribution in [2.45, 2.75) is 31.6 Å². The van der Waals surface area contributed by atoms with Gasteiger partial charge in [-0.3, -0.25) is 9.48 Å².